The summed E-state index contributed by atoms with van der Waals surface area (Å²) in [6, 6.07) is 4.83. The zero-order valence-electron chi connectivity index (χ0n) is 10.1. The van der Waals surface area contributed by atoms with Gasteiger partial charge in [-0.2, -0.15) is 5.10 Å². The standard InChI is InChI=1S/C13H11FN4S/c1-8-7-19-13(17-8)18-16-6-9-2-3-11(14)10-4-5-15-12(9)10/h2-7,15H,1H3,(H,17,18). The van der Waals surface area contributed by atoms with Gasteiger partial charge in [0.1, 0.15) is 5.82 Å². The molecule has 0 unspecified atom stereocenters. The van der Waals surface area contributed by atoms with Crippen molar-refractivity contribution in [3.8, 4) is 0 Å². The Morgan fingerprint density at radius 3 is 3.11 bits per heavy atom. The third kappa shape index (κ3) is 2.34. The number of aryl methyl sites for hydroxylation is 1. The number of halogens is 1. The predicted octanol–water partition coefficient (Wildman–Crippen LogP) is 3.52. The molecule has 3 rings (SSSR count). The first kappa shape index (κ1) is 11.9. The van der Waals surface area contributed by atoms with E-state index in [1.807, 2.05) is 12.3 Å². The summed E-state index contributed by atoms with van der Waals surface area (Å²) >= 11 is 1.49. The molecule has 0 saturated heterocycles. The number of rotatable bonds is 3. The Hall–Kier alpha value is -2.21. The lowest BCUT2D eigenvalue weighted by molar-refractivity contribution is 0.640. The SMILES string of the molecule is Cc1csc(NN=Cc2ccc(F)c3cc[nH]c23)n1. The van der Waals surface area contributed by atoms with Crippen LogP contribution < -0.4 is 5.43 Å². The number of H-pyrrole nitrogens is 1. The van der Waals surface area contributed by atoms with E-state index in [0.717, 1.165) is 21.9 Å². The highest BCUT2D eigenvalue weighted by Gasteiger charge is 2.04. The largest absolute Gasteiger partial charge is 0.361 e. The van der Waals surface area contributed by atoms with Gasteiger partial charge in [0.2, 0.25) is 5.13 Å². The fourth-order valence-corrected chi connectivity index (χ4v) is 2.45. The molecule has 96 valence electrons. The van der Waals surface area contributed by atoms with Crippen LogP contribution in [0.25, 0.3) is 10.9 Å². The van der Waals surface area contributed by atoms with Crippen molar-refractivity contribution in [2.45, 2.75) is 6.92 Å². The number of nitrogens with zero attached hydrogens (tertiary/aromatic N) is 2. The summed E-state index contributed by atoms with van der Waals surface area (Å²) in [6.07, 6.45) is 3.36. The van der Waals surface area contributed by atoms with E-state index in [4.69, 9.17) is 0 Å². The summed E-state index contributed by atoms with van der Waals surface area (Å²) < 4.78 is 13.5. The van der Waals surface area contributed by atoms with Crippen LogP contribution in [-0.2, 0) is 0 Å². The number of thiazole rings is 1. The number of benzene rings is 1. The zero-order chi connectivity index (χ0) is 13.2. The molecule has 0 aliphatic carbocycles. The average Bonchev–Trinajstić information content (AvgIpc) is 3.02. The number of hydrogen-bond donors (Lipinski definition) is 2. The Bertz CT molecular complexity index is 744. The molecule has 0 aliphatic rings. The Morgan fingerprint density at radius 1 is 1.42 bits per heavy atom. The Labute approximate surface area is 113 Å². The molecular formula is C13H11FN4S. The van der Waals surface area contributed by atoms with Gasteiger partial charge >= 0.3 is 0 Å². The summed E-state index contributed by atoms with van der Waals surface area (Å²) in [5.74, 6) is -0.239. The van der Waals surface area contributed by atoms with Crippen LogP contribution in [0.3, 0.4) is 0 Å². The molecule has 0 bridgehead atoms. The van der Waals surface area contributed by atoms with E-state index in [0.29, 0.717) is 5.39 Å². The zero-order valence-corrected chi connectivity index (χ0v) is 11.0. The first-order valence-electron chi connectivity index (χ1n) is 5.71. The predicted molar refractivity (Wildman–Crippen MR) is 76.3 cm³/mol. The lowest BCUT2D eigenvalue weighted by Gasteiger charge is -1.98. The van der Waals surface area contributed by atoms with Gasteiger partial charge in [-0.1, -0.05) is 0 Å². The van der Waals surface area contributed by atoms with Gasteiger partial charge in [0, 0.05) is 22.5 Å². The van der Waals surface area contributed by atoms with Crippen molar-refractivity contribution in [3.63, 3.8) is 0 Å². The van der Waals surface area contributed by atoms with Crippen molar-refractivity contribution in [1.82, 2.24) is 9.97 Å². The van der Waals surface area contributed by atoms with Crippen LogP contribution in [0.4, 0.5) is 9.52 Å². The molecule has 0 radical (unpaired) electrons. The number of hydrogen-bond acceptors (Lipinski definition) is 4. The van der Waals surface area contributed by atoms with Gasteiger partial charge in [-0.3, -0.25) is 5.43 Å². The van der Waals surface area contributed by atoms with Gasteiger partial charge in [0.05, 0.1) is 17.4 Å². The Morgan fingerprint density at radius 2 is 2.32 bits per heavy atom. The van der Waals surface area contributed by atoms with Gasteiger partial charge in [-0.05, 0) is 25.1 Å². The number of anilines is 1. The lowest BCUT2D eigenvalue weighted by atomic mass is 10.1. The van der Waals surface area contributed by atoms with Crippen molar-refractivity contribution in [3.05, 3.63) is 46.9 Å². The highest BCUT2D eigenvalue weighted by molar-refractivity contribution is 7.13. The molecule has 0 spiro atoms. The second kappa shape index (κ2) is 4.81. The molecule has 3 aromatic rings. The highest BCUT2D eigenvalue weighted by atomic mass is 32.1. The fraction of sp³-hybridized carbons (Fsp3) is 0.0769. The first-order valence-corrected chi connectivity index (χ1v) is 6.59. The molecule has 1 aromatic carbocycles. The second-order valence-corrected chi connectivity index (χ2v) is 4.93. The van der Waals surface area contributed by atoms with E-state index in [9.17, 15) is 4.39 Å². The summed E-state index contributed by atoms with van der Waals surface area (Å²) in [5.41, 5.74) is 5.37. The molecule has 19 heavy (non-hydrogen) atoms. The molecule has 6 heteroatoms. The van der Waals surface area contributed by atoms with Crippen molar-refractivity contribution >= 4 is 33.6 Å². The quantitative estimate of drug-likeness (QED) is 0.567. The molecule has 0 atom stereocenters. The second-order valence-electron chi connectivity index (χ2n) is 4.07. The van der Waals surface area contributed by atoms with E-state index in [2.05, 4.69) is 20.5 Å². The molecular weight excluding hydrogens is 263 g/mol. The third-order valence-electron chi connectivity index (χ3n) is 2.69. The lowest BCUT2D eigenvalue weighted by Crippen LogP contribution is -1.92. The van der Waals surface area contributed by atoms with Crippen molar-refractivity contribution in [2.75, 3.05) is 5.43 Å². The van der Waals surface area contributed by atoms with E-state index < -0.39 is 0 Å². The van der Waals surface area contributed by atoms with Gasteiger partial charge in [-0.15, -0.1) is 11.3 Å². The molecule has 0 saturated carbocycles. The topological polar surface area (TPSA) is 53.1 Å². The Balaban J connectivity index is 1.85. The van der Waals surface area contributed by atoms with E-state index in [1.54, 1.807) is 24.5 Å². The molecule has 0 amide bonds. The molecule has 2 heterocycles. The van der Waals surface area contributed by atoms with Gasteiger partial charge in [0.25, 0.3) is 0 Å². The molecule has 0 aliphatic heterocycles. The minimum Gasteiger partial charge on any atom is -0.361 e. The van der Waals surface area contributed by atoms with Crippen LogP contribution in [0.15, 0.2) is 34.9 Å². The summed E-state index contributed by atoms with van der Waals surface area (Å²) in [6.45, 7) is 1.92. The Kier molecular flexibility index (Phi) is 3.00. The fourth-order valence-electron chi connectivity index (χ4n) is 1.81. The summed E-state index contributed by atoms with van der Waals surface area (Å²) in [7, 11) is 0. The number of aromatic amines is 1. The van der Waals surface area contributed by atoms with Gasteiger partial charge in [-0.25, -0.2) is 9.37 Å². The normalized spacial score (nSPS) is 11.5. The van der Waals surface area contributed by atoms with Crippen LogP contribution in [0.2, 0.25) is 0 Å². The van der Waals surface area contributed by atoms with Crippen molar-refractivity contribution in [1.29, 1.82) is 0 Å². The average molecular weight is 274 g/mol. The first-order chi connectivity index (χ1) is 9.24. The van der Waals surface area contributed by atoms with E-state index in [-0.39, 0.29) is 5.82 Å². The van der Waals surface area contributed by atoms with Crippen LogP contribution in [0.5, 0.6) is 0 Å². The van der Waals surface area contributed by atoms with Gasteiger partial charge in [0.15, 0.2) is 0 Å². The number of aromatic nitrogens is 2. The van der Waals surface area contributed by atoms with Crippen LogP contribution in [0, 0.1) is 12.7 Å². The molecule has 4 nitrogen and oxygen atoms in total. The summed E-state index contributed by atoms with van der Waals surface area (Å²) in [5, 5.41) is 7.36. The van der Waals surface area contributed by atoms with E-state index >= 15 is 0 Å². The van der Waals surface area contributed by atoms with Crippen molar-refractivity contribution in [2.24, 2.45) is 5.10 Å². The smallest absolute Gasteiger partial charge is 0.203 e. The molecule has 2 N–H and O–H groups in total. The number of nitrogens with one attached hydrogen (secondary N) is 2. The van der Waals surface area contributed by atoms with Gasteiger partial charge < -0.3 is 4.98 Å². The van der Waals surface area contributed by atoms with E-state index in [1.165, 1.54) is 17.4 Å². The van der Waals surface area contributed by atoms with Crippen LogP contribution >= 0.6 is 11.3 Å². The molecule has 2 aromatic heterocycles. The van der Waals surface area contributed by atoms with Crippen LogP contribution in [0.1, 0.15) is 11.3 Å². The van der Waals surface area contributed by atoms with Crippen molar-refractivity contribution < 1.29 is 4.39 Å². The minimum atomic E-state index is -0.239. The third-order valence-corrected chi connectivity index (χ3v) is 3.55. The monoisotopic (exact) mass is 274 g/mol. The maximum absolute atomic E-state index is 13.5. The van der Waals surface area contributed by atoms with Crippen LogP contribution in [-0.4, -0.2) is 16.2 Å². The maximum atomic E-state index is 13.5. The minimum absolute atomic E-state index is 0.239. The number of fused-ring (bicyclic) bond motifs is 1. The maximum Gasteiger partial charge on any atom is 0.203 e. The molecule has 0 fully saturated rings. The summed E-state index contributed by atoms with van der Waals surface area (Å²) in [4.78, 5) is 7.24. The highest BCUT2D eigenvalue weighted by Crippen LogP contribution is 2.19. The number of hydrazone groups is 1.